The summed E-state index contributed by atoms with van der Waals surface area (Å²) in [7, 11) is -3.28. The van der Waals surface area contributed by atoms with Crippen molar-refractivity contribution in [1.29, 1.82) is 0 Å². The second kappa shape index (κ2) is 6.47. The molecule has 0 saturated carbocycles. The third-order valence-electron chi connectivity index (χ3n) is 3.90. The highest BCUT2D eigenvalue weighted by Gasteiger charge is 2.26. The van der Waals surface area contributed by atoms with E-state index in [1.807, 2.05) is 17.0 Å². The summed E-state index contributed by atoms with van der Waals surface area (Å²) in [5, 5.41) is 8.93. The second-order valence-corrected chi connectivity index (χ2v) is 7.67. The molecule has 0 bridgehead atoms. The van der Waals surface area contributed by atoms with Crippen molar-refractivity contribution in [3.8, 4) is 0 Å². The maximum Gasteiger partial charge on any atom is 0.303 e. The molecule has 1 aromatic rings. The molecule has 0 spiro atoms. The fourth-order valence-corrected chi connectivity index (χ4v) is 3.95. The third kappa shape index (κ3) is 3.75. The molecular weight excluding hydrogens is 290 g/mol. The average molecular weight is 311 g/mol. The highest BCUT2D eigenvalue weighted by molar-refractivity contribution is 7.91. The Bertz CT molecular complexity index is 612. The van der Waals surface area contributed by atoms with Crippen molar-refractivity contribution >= 4 is 21.5 Å². The van der Waals surface area contributed by atoms with Gasteiger partial charge in [0.2, 0.25) is 0 Å². The van der Waals surface area contributed by atoms with Crippen LogP contribution in [0, 0.1) is 5.92 Å². The molecule has 1 aliphatic rings. The monoisotopic (exact) mass is 311 g/mol. The van der Waals surface area contributed by atoms with Crippen LogP contribution in [-0.4, -0.2) is 38.3 Å². The number of rotatable bonds is 5. The zero-order valence-corrected chi connectivity index (χ0v) is 13.0. The first-order valence-corrected chi connectivity index (χ1v) is 8.87. The van der Waals surface area contributed by atoms with Gasteiger partial charge >= 0.3 is 5.97 Å². The summed E-state index contributed by atoms with van der Waals surface area (Å²) in [5.41, 5.74) is 0.703. The van der Waals surface area contributed by atoms with Crippen LogP contribution in [0.3, 0.4) is 0 Å². The molecule has 0 aromatic heterocycles. The van der Waals surface area contributed by atoms with Gasteiger partial charge in [0.1, 0.15) is 0 Å². The molecule has 1 N–H and O–H groups in total. The quantitative estimate of drug-likeness (QED) is 0.902. The van der Waals surface area contributed by atoms with E-state index in [0.29, 0.717) is 17.1 Å². The van der Waals surface area contributed by atoms with Gasteiger partial charge in [-0.3, -0.25) is 4.79 Å². The van der Waals surface area contributed by atoms with E-state index in [1.165, 1.54) is 0 Å². The number of para-hydroxylation sites is 1. The molecule has 1 atom stereocenters. The summed E-state index contributed by atoms with van der Waals surface area (Å²) in [5.74, 6) is -0.652. The van der Waals surface area contributed by atoms with E-state index in [0.717, 1.165) is 19.4 Å². The Hall–Kier alpha value is -1.56. The minimum Gasteiger partial charge on any atom is -0.481 e. The number of benzene rings is 1. The summed E-state index contributed by atoms with van der Waals surface area (Å²) < 4.78 is 24.4. The topological polar surface area (TPSA) is 74.7 Å². The number of carboxylic acids is 1. The Kier molecular flexibility index (Phi) is 4.88. The van der Waals surface area contributed by atoms with Crippen LogP contribution in [0.1, 0.15) is 26.2 Å². The Morgan fingerprint density at radius 3 is 2.76 bits per heavy atom. The summed E-state index contributed by atoms with van der Waals surface area (Å²) >= 11 is 0. The zero-order valence-electron chi connectivity index (χ0n) is 12.2. The van der Waals surface area contributed by atoms with Gasteiger partial charge in [0, 0.05) is 19.5 Å². The lowest BCUT2D eigenvalue weighted by Crippen LogP contribution is -2.37. The van der Waals surface area contributed by atoms with Crippen LogP contribution in [0.2, 0.25) is 0 Å². The van der Waals surface area contributed by atoms with Gasteiger partial charge in [-0.1, -0.05) is 19.1 Å². The predicted molar refractivity (Wildman–Crippen MR) is 81.4 cm³/mol. The first-order chi connectivity index (χ1) is 9.94. The van der Waals surface area contributed by atoms with Crippen LogP contribution in [0.4, 0.5) is 5.69 Å². The molecule has 1 saturated heterocycles. The molecule has 0 aliphatic carbocycles. The van der Waals surface area contributed by atoms with Crippen molar-refractivity contribution in [2.75, 3.05) is 23.7 Å². The minimum atomic E-state index is -3.28. The Labute approximate surface area is 125 Å². The van der Waals surface area contributed by atoms with E-state index >= 15 is 0 Å². The van der Waals surface area contributed by atoms with E-state index in [-0.39, 0.29) is 18.1 Å². The van der Waals surface area contributed by atoms with Gasteiger partial charge in [-0.05, 0) is 30.9 Å². The molecule has 0 radical (unpaired) electrons. The highest BCUT2D eigenvalue weighted by atomic mass is 32.2. The van der Waals surface area contributed by atoms with Crippen molar-refractivity contribution in [3.63, 3.8) is 0 Å². The van der Waals surface area contributed by atoms with Gasteiger partial charge in [0.25, 0.3) is 0 Å². The van der Waals surface area contributed by atoms with E-state index in [2.05, 4.69) is 0 Å². The first kappa shape index (κ1) is 15.8. The Morgan fingerprint density at radius 2 is 2.10 bits per heavy atom. The summed E-state index contributed by atoms with van der Waals surface area (Å²) in [4.78, 5) is 13.2. The third-order valence-corrected chi connectivity index (χ3v) is 5.68. The maximum absolute atomic E-state index is 12.2. The van der Waals surface area contributed by atoms with Crippen LogP contribution in [-0.2, 0) is 14.6 Å². The van der Waals surface area contributed by atoms with Crippen LogP contribution < -0.4 is 4.90 Å². The van der Waals surface area contributed by atoms with Crippen molar-refractivity contribution in [2.24, 2.45) is 5.92 Å². The second-order valence-electron chi connectivity index (χ2n) is 5.42. The Morgan fingerprint density at radius 1 is 1.38 bits per heavy atom. The number of hydrogen-bond acceptors (Lipinski definition) is 4. The maximum atomic E-state index is 12.2. The fourth-order valence-electron chi connectivity index (χ4n) is 2.83. The molecule has 5 nitrogen and oxygen atoms in total. The Balaban J connectivity index is 2.28. The van der Waals surface area contributed by atoms with Crippen LogP contribution in [0.5, 0.6) is 0 Å². The van der Waals surface area contributed by atoms with E-state index < -0.39 is 15.8 Å². The SMILES string of the molecule is CCS(=O)(=O)c1ccccc1N1CCCC(CC(=O)O)C1. The number of carboxylic acid groups (broad SMARTS) is 1. The molecule has 116 valence electrons. The summed E-state index contributed by atoms with van der Waals surface area (Å²) in [6.45, 7) is 3.00. The fraction of sp³-hybridized carbons (Fsp3) is 0.533. The molecule has 2 rings (SSSR count). The first-order valence-electron chi connectivity index (χ1n) is 7.22. The van der Waals surface area contributed by atoms with Crippen LogP contribution in [0.15, 0.2) is 29.2 Å². The number of piperidine rings is 1. The van der Waals surface area contributed by atoms with Crippen LogP contribution >= 0.6 is 0 Å². The highest BCUT2D eigenvalue weighted by Crippen LogP contribution is 2.30. The van der Waals surface area contributed by atoms with Gasteiger partial charge in [0.05, 0.1) is 16.3 Å². The van der Waals surface area contributed by atoms with Gasteiger partial charge in [-0.25, -0.2) is 8.42 Å². The summed E-state index contributed by atoms with van der Waals surface area (Å²) in [6.07, 6.45) is 1.91. The number of hydrogen-bond donors (Lipinski definition) is 1. The van der Waals surface area contributed by atoms with Gasteiger partial charge < -0.3 is 10.0 Å². The molecule has 1 aromatic carbocycles. The predicted octanol–water partition coefficient (Wildman–Crippen LogP) is 2.17. The van der Waals surface area contributed by atoms with E-state index in [1.54, 1.807) is 19.1 Å². The number of anilines is 1. The molecule has 1 aliphatic heterocycles. The van der Waals surface area contributed by atoms with Crippen molar-refractivity contribution < 1.29 is 18.3 Å². The van der Waals surface area contributed by atoms with Gasteiger partial charge in [-0.15, -0.1) is 0 Å². The summed E-state index contributed by atoms with van der Waals surface area (Å²) in [6, 6.07) is 7.00. The van der Waals surface area contributed by atoms with Crippen molar-refractivity contribution in [2.45, 2.75) is 31.1 Å². The molecule has 1 heterocycles. The van der Waals surface area contributed by atoms with Gasteiger partial charge in [0.15, 0.2) is 9.84 Å². The van der Waals surface area contributed by atoms with E-state index in [9.17, 15) is 13.2 Å². The number of sulfone groups is 1. The van der Waals surface area contributed by atoms with Gasteiger partial charge in [-0.2, -0.15) is 0 Å². The standard InChI is InChI=1S/C15H21NO4S/c1-2-21(19,20)14-8-4-3-7-13(14)16-9-5-6-12(11-16)10-15(17)18/h3-4,7-8,12H,2,5-6,9-11H2,1H3,(H,17,18). The largest absolute Gasteiger partial charge is 0.481 e. The van der Waals surface area contributed by atoms with E-state index in [4.69, 9.17) is 5.11 Å². The normalized spacial score (nSPS) is 19.5. The molecular formula is C15H21NO4S. The molecule has 6 heteroatoms. The van der Waals surface area contributed by atoms with Crippen molar-refractivity contribution in [3.05, 3.63) is 24.3 Å². The smallest absolute Gasteiger partial charge is 0.303 e. The zero-order chi connectivity index (χ0) is 15.5. The lowest BCUT2D eigenvalue weighted by atomic mass is 9.94. The molecule has 21 heavy (non-hydrogen) atoms. The molecule has 0 amide bonds. The molecule has 1 fully saturated rings. The van der Waals surface area contributed by atoms with Crippen molar-refractivity contribution in [1.82, 2.24) is 0 Å². The lowest BCUT2D eigenvalue weighted by molar-refractivity contribution is -0.138. The average Bonchev–Trinajstić information content (AvgIpc) is 2.47. The lowest BCUT2D eigenvalue weighted by Gasteiger charge is -2.34. The minimum absolute atomic E-state index is 0.0659. The number of aliphatic carboxylic acids is 1. The number of nitrogens with zero attached hydrogens (tertiary/aromatic N) is 1. The number of carbonyl (C=O) groups is 1. The molecule has 1 unspecified atom stereocenters. The van der Waals surface area contributed by atoms with Crippen LogP contribution in [0.25, 0.3) is 0 Å².